The van der Waals surface area contributed by atoms with Gasteiger partial charge in [0.25, 0.3) is 16.1 Å². The van der Waals surface area contributed by atoms with Crippen molar-refractivity contribution in [3.63, 3.8) is 0 Å². The molecule has 1 fully saturated rings. The Labute approximate surface area is 136 Å². The lowest BCUT2D eigenvalue weighted by Gasteiger charge is -2.32. The van der Waals surface area contributed by atoms with Crippen molar-refractivity contribution in [1.29, 1.82) is 0 Å². The molecule has 2 rings (SSSR count). The van der Waals surface area contributed by atoms with Gasteiger partial charge in [0, 0.05) is 31.9 Å². The minimum Gasteiger partial charge on any atom is -0.335 e. The fourth-order valence-electron chi connectivity index (χ4n) is 2.57. The van der Waals surface area contributed by atoms with E-state index in [9.17, 15) is 13.2 Å². The molecule has 0 saturated carbocycles. The van der Waals surface area contributed by atoms with Gasteiger partial charge in [-0.2, -0.15) is 12.7 Å². The fraction of sp³-hybridized carbons (Fsp3) is 0.643. The van der Waals surface area contributed by atoms with Crippen LogP contribution in [0.4, 0.5) is 0 Å². The zero-order chi connectivity index (χ0) is 17.2. The number of piperazine rings is 1. The molecule has 0 bridgehead atoms. The first-order valence-corrected chi connectivity index (χ1v) is 9.09. The third-order valence-electron chi connectivity index (χ3n) is 3.61. The van der Waals surface area contributed by atoms with Crippen molar-refractivity contribution < 1.29 is 13.2 Å². The zero-order valence-electron chi connectivity index (χ0n) is 13.7. The van der Waals surface area contributed by atoms with E-state index in [4.69, 9.17) is 5.14 Å². The Morgan fingerprint density at radius 2 is 1.87 bits per heavy atom. The molecule has 1 amide bonds. The van der Waals surface area contributed by atoms with Gasteiger partial charge in [-0.15, -0.1) is 0 Å². The highest BCUT2D eigenvalue weighted by Crippen LogP contribution is 2.12. The van der Waals surface area contributed by atoms with Gasteiger partial charge in [-0.25, -0.2) is 15.1 Å². The number of hydrogen-bond acceptors (Lipinski definition) is 5. The minimum absolute atomic E-state index is 0.199. The van der Waals surface area contributed by atoms with Crippen molar-refractivity contribution in [1.82, 2.24) is 19.2 Å². The van der Waals surface area contributed by atoms with Crippen LogP contribution < -0.4 is 5.14 Å². The SMILES string of the molecule is Cc1nc(CC(C)C)cc(C(=O)N2CCN(S(N)(=O)=O)CC2)n1. The van der Waals surface area contributed by atoms with Gasteiger partial charge in [0.15, 0.2) is 0 Å². The normalized spacial score (nSPS) is 16.8. The van der Waals surface area contributed by atoms with Crippen LogP contribution in [0, 0.1) is 12.8 Å². The van der Waals surface area contributed by atoms with Gasteiger partial charge < -0.3 is 4.90 Å². The Hall–Kier alpha value is -1.58. The van der Waals surface area contributed by atoms with Crippen LogP contribution in [0.3, 0.4) is 0 Å². The Bertz CT molecular complexity index is 682. The van der Waals surface area contributed by atoms with Gasteiger partial charge in [0.05, 0.1) is 0 Å². The van der Waals surface area contributed by atoms with Gasteiger partial charge >= 0.3 is 0 Å². The number of aromatic nitrogens is 2. The summed E-state index contributed by atoms with van der Waals surface area (Å²) in [6.45, 7) is 6.95. The molecule has 0 atom stereocenters. The molecule has 0 aliphatic carbocycles. The average molecular weight is 341 g/mol. The highest BCUT2D eigenvalue weighted by atomic mass is 32.2. The summed E-state index contributed by atoms with van der Waals surface area (Å²) in [5.74, 6) is 0.801. The summed E-state index contributed by atoms with van der Waals surface area (Å²) in [6.07, 6.45) is 0.781. The number of carbonyl (C=O) groups excluding carboxylic acids is 1. The van der Waals surface area contributed by atoms with Crippen molar-refractivity contribution >= 4 is 16.1 Å². The topological polar surface area (TPSA) is 109 Å². The van der Waals surface area contributed by atoms with Gasteiger partial charge in [-0.1, -0.05) is 13.8 Å². The van der Waals surface area contributed by atoms with Crippen LogP contribution in [0.2, 0.25) is 0 Å². The first-order chi connectivity index (χ1) is 10.7. The summed E-state index contributed by atoms with van der Waals surface area (Å²) in [7, 11) is -3.70. The van der Waals surface area contributed by atoms with E-state index >= 15 is 0 Å². The second kappa shape index (κ2) is 6.90. The Kier molecular flexibility index (Phi) is 5.33. The molecule has 0 aromatic carbocycles. The highest BCUT2D eigenvalue weighted by molar-refractivity contribution is 7.86. The molecule has 2 heterocycles. The van der Waals surface area contributed by atoms with Crippen LogP contribution in [0.25, 0.3) is 0 Å². The molecule has 0 spiro atoms. The number of carbonyl (C=O) groups is 1. The molecule has 1 aromatic rings. The third-order valence-corrected chi connectivity index (χ3v) is 4.70. The highest BCUT2D eigenvalue weighted by Gasteiger charge is 2.27. The fourth-order valence-corrected chi connectivity index (χ4v) is 3.24. The summed E-state index contributed by atoms with van der Waals surface area (Å²) in [5.41, 5.74) is 1.20. The van der Waals surface area contributed by atoms with Crippen molar-refractivity contribution in [2.45, 2.75) is 27.2 Å². The van der Waals surface area contributed by atoms with Crippen molar-refractivity contribution in [3.05, 3.63) is 23.3 Å². The van der Waals surface area contributed by atoms with E-state index in [2.05, 4.69) is 23.8 Å². The van der Waals surface area contributed by atoms with Gasteiger partial charge in [0.1, 0.15) is 11.5 Å². The zero-order valence-corrected chi connectivity index (χ0v) is 14.5. The van der Waals surface area contributed by atoms with Gasteiger partial charge in [-0.3, -0.25) is 4.79 Å². The van der Waals surface area contributed by atoms with E-state index in [0.29, 0.717) is 30.5 Å². The first kappa shape index (κ1) is 17.8. The van der Waals surface area contributed by atoms with E-state index in [1.54, 1.807) is 17.9 Å². The van der Waals surface area contributed by atoms with E-state index in [0.717, 1.165) is 12.1 Å². The second-order valence-electron chi connectivity index (χ2n) is 6.13. The van der Waals surface area contributed by atoms with Gasteiger partial charge in [-0.05, 0) is 25.3 Å². The maximum Gasteiger partial charge on any atom is 0.277 e. The predicted octanol–water partition coefficient (Wildman–Crippen LogP) is -0.0552. The molecule has 2 N–H and O–H groups in total. The molecule has 1 aliphatic heterocycles. The Balaban J connectivity index is 2.11. The third kappa shape index (κ3) is 4.69. The molecule has 23 heavy (non-hydrogen) atoms. The molecule has 1 saturated heterocycles. The van der Waals surface area contributed by atoms with E-state index in [1.807, 2.05) is 0 Å². The molecule has 1 aromatic heterocycles. The number of amides is 1. The lowest BCUT2D eigenvalue weighted by molar-refractivity contribution is 0.0691. The quantitative estimate of drug-likeness (QED) is 0.825. The largest absolute Gasteiger partial charge is 0.335 e. The van der Waals surface area contributed by atoms with E-state index in [-0.39, 0.29) is 19.0 Å². The first-order valence-electron chi connectivity index (χ1n) is 7.58. The van der Waals surface area contributed by atoms with Crippen LogP contribution in [0.1, 0.15) is 35.9 Å². The molecule has 0 radical (unpaired) electrons. The summed E-state index contributed by atoms with van der Waals surface area (Å²) < 4.78 is 23.8. The number of rotatable bonds is 4. The lowest BCUT2D eigenvalue weighted by atomic mass is 10.1. The van der Waals surface area contributed by atoms with Crippen LogP contribution in [-0.2, 0) is 16.6 Å². The molecule has 0 unspecified atom stereocenters. The monoisotopic (exact) mass is 341 g/mol. The predicted molar refractivity (Wildman–Crippen MR) is 85.9 cm³/mol. The number of hydrogen-bond donors (Lipinski definition) is 1. The van der Waals surface area contributed by atoms with Crippen LogP contribution in [0.15, 0.2) is 6.07 Å². The lowest BCUT2D eigenvalue weighted by Crippen LogP contribution is -2.52. The summed E-state index contributed by atoms with van der Waals surface area (Å²) in [6, 6.07) is 1.72. The van der Waals surface area contributed by atoms with Crippen molar-refractivity contribution in [3.8, 4) is 0 Å². The van der Waals surface area contributed by atoms with Crippen molar-refractivity contribution in [2.24, 2.45) is 11.1 Å². The molecule has 9 heteroatoms. The van der Waals surface area contributed by atoms with Crippen LogP contribution in [0.5, 0.6) is 0 Å². The van der Waals surface area contributed by atoms with E-state index in [1.165, 1.54) is 4.31 Å². The molecular formula is C14H23N5O3S. The molecule has 1 aliphatic rings. The number of nitrogens with two attached hydrogens (primary N) is 1. The van der Waals surface area contributed by atoms with Crippen LogP contribution >= 0.6 is 0 Å². The summed E-state index contributed by atoms with van der Waals surface area (Å²) in [4.78, 5) is 22.8. The Morgan fingerprint density at radius 3 is 2.39 bits per heavy atom. The summed E-state index contributed by atoms with van der Waals surface area (Å²) in [5, 5.41) is 5.10. The van der Waals surface area contributed by atoms with Crippen LogP contribution in [-0.4, -0.2) is 59.7 Å². The molecular weight excluding hydrogens is 318 g/mol. The van der Waals surface area contributed by atoms with Gasteiger partial charge in [0.2, 0.25) is 0 Å². The number of aryl methyl sites for hydroxylation is 1. The minimum atomic E-state index is -3.70. The average Bonchev–Trinajstić information content (AvgIpc) is 2.44. The molecule has 128 valence electrons. The van der Waals surface area contributed by atoms with E-state index < -0.39 is 10.2 Å². The maximum absolute atomic E-state index is 12.6. The maximum atomic E-state index is 12.6. The summed E-state index contributed by atoms with van der Waals surface area (Å²) >= 11 is 0. The molecule has 8 nitrogen and oxygen atoms in total. The number of nitrogens with zero attached hydrogens (tertiary/aromatic N) is 4. The van der Waals surface area contributed by atoms with Crippen molar-refractivity contribution in [2.75, 3.05) is 26.2 Å². The Morgan fingerprint density at radius 1 is 1.26 bits per heavy atom. The smallest absolute Gasteiger partial charge is 0.277 e. The second-order valence-corrected chi connectivity index (χ2v) is 7.67. The standard InChI is InChI=1S/C14H23N5O3S/c1-10(2)8-12-9-13(17-11(3)16-12)14(20)18-4-6-19(7-5-18)23(15,21)22/h9-10H,4-8H2,1-3H3,(H2,15,21,22).